The van der Waals surface area contributed by atoms with E-state index >= 15 is 0 Å². The Kier molecular flexibility index (Phi) is 10.4. The van der Waals surface area contributed by atoms with Crippen molar-refractivity contribution in [2.75, 3.05) is 19.8 Å². The molecule has 0 aliphatic rings. The molecule has 0 atom stereocenters. The number of nitrogens with zero attached hydrogens (tertiary/aromatic N) is 1. The molecule has 7 nitrogen and oxygen atoms in total. The zero-order chi connectivity index (χ0) is 26.7. The fraction of sp³-hybridized carbons (Fsp3) is 0.920. The van der Waals surface area contributed by atoms with Gasteiger partial charge in [-0.25, -0.2) is 0 Å². The van der Waals surface area contributed by atoms with E-state index in [-0.39, 0.29) is 11.8 Å². The third-order valence-corrected chi connectivity index (χ3v) is 12.5. The average Bonchev–Trinajstić information content (AvgIpc) is 2.59. The maximum Gasteiger partial charge on any atom is 0.507 e. The van der Waals surface area contributed by atoms with Gasteiger partial charge in [-0.2, -0.15) is 0 Å². The number of hydrogen-bond donors (Lipinski definition) is 1. The third kappa shape index (κ3) is 5.65. The lowest BCUT2D eigenvalue weighted by Crippen LogP contribution is -2.75. The smallest absolute Gasteiger partial charge is 0.373 e. The summed E-state index contributed by atoms with van der Waals surface area (Å²) in [7, 11) is -3.19. The minimum Gasteiger partial charge on any atom is -0.373 e. The van der Waals surface area contributed by atoms with Crippen molar-refractivity contribution in [3.63, 3.8) is 0 Å². The van der Waals surface area contributed by atoms with Crippen LogP contribution in [-0.2, 0) is 22.9 Å². The van der Waals surface area contributed by atoms with Crippen LogP contribution in [0.15, 0.2) is 0 Å². The Balaban J connectivity index is 6.96. The maximum absolute atomic E-state index is 13.3. The first-order valence-electron chi connectivity index (χ1n) is 12.2. The van der Waals surface area contributed by atoms with Crippen molar-refractivity contribution in [2.45, 2.75) is 126 Å². The number of carbonyl (C=O) groups is 2. The quantitative estimate of drug-likeness (QED) is 0.362. The zero-order valence-corrected chi connectivity index (χ0v) is 25.1. The summed E-state index contributed by atoms with van der Waals surface area (Å²) in [4.78, 5) is 27.2. The van der Waals surface area contributed by atoms with Crippen molar-refractivity contribution in [3.05, 3.63) is 0 Å². The normalized spacial score (nSPS) is 14.3. The average molecular weight is 489 g/mol. The van der Waals surface area contributed by atoms with Gasteiger partial charge >= 0.3 is 8.80 Å². The molecule has 0 aromatic carbocycles. The second-order valence-corrected chi connectivity index (χ2v) is 14.6. The van der Waals surface area contributed by atoms with Gasteiger partial charge in [-0.3, -0.25) is 9.59 Å². The first kappa shape index (κ1) is 32.0. The van der Waals surface area contributed by atoms with Gasteiger partial charge in [0.2, 0.25) is 11.8 Å². The molecule has 0 radical (unpaired) electrons. The summed E-state index contributed by atoms with van der Waals surface area (Å²) in [5.41, 5.74) is -2.60. The third-order valence-electron chi connectivity index (χ3n) is 8.31. The lowest BCUT2D eigenvalue weighted by Gasteiger charge is -2.64. The van der Waals surface area contributed by atoms with E-state index in [1.807, 2.05) is 53.4 Å². The van der Waals surface area contributed by atoms with Gasteiger partial charge in [0.05, 0.1) is 11.1 Å². The lowest BCUT2D eigenvalue weighted by molar-refractivity contribution is -0.161. The van der Waals surface area contributed by atoms with Crippen LogP contribution in [0.25, 0.3) is 0 Å². The van der Waals surface area contributed by atoms with Crippen LogP contribution in [0.4, 0.5) is 0 Å². The van der Waals surface area contributed by atoms with Gasteiger partial charge < -0.3 is 23.5 Å². The standard InChI is InChI=1S/C25H52N2O5Si/c1-16-30-33(31-17-2,32-18-3)25(14,15)21(6,7)23(10,11)27(20(5)29)24(12,13)22(8,9)26-19(4)28/h16-18H2,1-15H3,(H,26,28). The van der Waals surface area contributed by atoms with Crippen LogP contribution in [0.2, 0.25) is 5.04 Å². The summed E-state index contributed by atoms with van der Waals surface area (Å²) in [5, 5.41) is 2.49. The van der Waals surface area contributed by atoms with E-state index in [1.54, 1.807) is 6.92 Å². The molecular weight excluding hydrogens is 436 g/mol. The van der Waals surface area contributed by atoms with E-state index in [1.165, 1.54) is 6.92 Å². The molecule has 0 aliphatic heterocycles. The van der Waals surface area contributed by atoms with Gasteiger partial charge in [-0.05, 0) is 67.7 Å². The van der Waals surface area contributed by atoms with Gasteiger partial charge in [0.15, 0.2) is 0 Å². The van der Waals surface area contributed by atoms with E-state index in [0.717, 1.165) is 0 Å². The highest BCUT2D eigenvalue weighted by Crippen LogP contribution is 2.60. The van der Waals surface area contributed by atoms with Crippen molar-refractivity contribution in [2.24, 2.45) is 5.41 Å². The fourth-order valence-electron chi connectivity index (χ4n) is 5.02. The summed E-state index contributed by atoms with van der Waals surface area (Å²) < 4.78 is 19.0. The van der Waals surface area contributed by atoms with Crippen molar-refractivity contribution in [1.29, 1.82) is 0 Å². The summed E-state index contributed by atoms with van der Waals surface area (Å²) in [6, 6.07) is 0. The predicted molar refractivity (Wildman–Crippen MR) is 137 cm³/mol. The summed E-state index contributed by atoms with van der Waals surface area (Å²) in [5.74, 6) is -0.201. The number of nitrogens with one attached hydrogen (secondary N) is 1. The number of amides is 2. The molecular formula is C25H52N2O5Si. The fourth-order valence-corrected chi connectivity index (χ4v) is 8.57. The molecule has 1 N–H and O–H groups in total. The van der Waals surface area contributed by atoms with Gasteiger partial charge in [0.1, 0.15) is 0 Å². The molecule has 2 amide bonds. The molecule has 8 heteroatoms. The van der Waals surface area contributed by atoms with Gasteiger partial charge in [0, 0.05) is 44.2 Å². The van der Waals surface area contributed by atoms with E-state index in [2.05, 4.69) is 46.9 Å². The molecule has 0 saturated heterocycles. The van der Waals surface area contributed by atoms with E-state index in [9.17, 15) is 9.59 Å². The molecule has 0 saturated carbocycles. The van der Waals surface area contributed by atoms with Gasteiger partial charge in [-0.1, -0.05) is 27.7 Å². The molecule has 0 aromatic rings. The number of rotatable bonds is 13. The van der Waals surface area contributed by atoms with Crippen LogP contribution in [0, 0.1) is 5.41 Å². The minimum atomic E-state index is -3.19. The Bertz CT molecular complexity index is 669. The second kappa shape index (κ2) is 10.8. The summed E-state index contributed by atoms with van der Waals surface area (Å²) in [6.07, 6.45) is 0. The highest BCUT2D eigenvalue weighted by Gasteiger charge is 2.68. The maximum atomic E-state index is 13.3. The number of carbonyl (C=O) groups excluding carboxylic acids is 2. The van der Waals surface area contributed by atoms with Gasteiger partial charge in [-0.15, -0.1) is 0 Å². The Morgan fingerprint density at radius 1 is 0.727 bits per heavy atom. The highest BCUT2D eigenvalue weighted by molar-refractivity contribution is 6.64. The molecule has 0 spiro atoms. The molecule has 0 aromatic heterocycles. The van der Waals surface area contributed by atoms with Crippen LogP contribution in [0.5, 0.6) is 0 Å². The first-order valence-corrected chi connectivity index (χ1v) is 13.9. The molecule has 0 unspecified atom stereocenters. The molecule has 33 heavy (non-hydrogen) atoms. The Hall–Kier alpha value is -0.963. The van der Waals surface area contributed by atoms with Crippen LogP contribution in [0.3, 0.4) is 0 Å². The largest absolute Gasteiger partial charge is 0.507 e. The predicted octanol–water partition coefficient (Wildman–Crippen LogP) is 5.16. The van der Waals surface area contributed by atoms with Crippen LogP contribution in [0.1, 0.15) is 104 Å². The summed E-state index contributed by atoms with van der Waals surface area (Å²) >= 11 is 0. The molecule has 0 bridgehead atoms. The first-order chi connectivity index (χ1) is 14.7. The van der Waals surface area contributed by atoms with Crippen molar-refractivity contribution >= 4 is 20.6 Å². The molecule has 0 fully saturated rings. The molecule has 0 rings (SSSR count). The SMILES string of the molecule is CCO[Si](OCC)(OCC)C(C)(C)C(C)(C)C(C)(C)N(C(C)=O)C(C)(C)C(C)(C)NC(C)=O. The van der Waals surface area contributed by atoms with Crippen molar-refractivity contribution < 1.29 is 22.9 Å². The van der Waals surface area contributed by atoms with Crippen LogP contribution in [-0.4, -0.2) is 62.0 Å². The van der Waals surface area contributed by atoms with E-state index < -0.39 is 35.9 Å². The van der Waals surface area contributed by atoms with Crippen molar-refractivity contribution in [3.8, 4) is 0 Å². The number of hydrogen-bond acceptors (Lipinski definition) is 5. The Morgan fingerprint density at radius 3 is 1.36 bits per heavy atom. The summed E-state index contributed by atoms with van der Waals surface area (Å²) in [6.45, 7) is 31.1. The topological polar surface area (TPSA) is 77.1 Å². The van der Waals surface area contributed by atoms with E-state index in [0.29, 0.717) is 19.8 Å². The van der Waals surface area contributed by atoms with Crippen LogP contribution >= 0.6 is 0 Å². The monoisotopic (exact) mass is 488 g/mol. The highest BCUT2D eigenvalue weighted by atomic mass is 28.4. The molecule has 0 aliphatic carbocycles. The molecule has 0 heterocycles. The van der Waals surface area contributed by atoms with E-state index in [4.69, 9.17) is 13.3 Å². The Labute approximate surface area is 204 Å². The van der Waals surface area contributed by atoms with Gasteiger partial charge in [0.25, 0.3) is 0 Å². The van der Waals surface area contributed by atoms with Crippen LogP contribution < -0.4 is 5.32 Å². The Morgan fingerprint density at radius 2 is 1.09 bits per heavy atom. The second-order valence-electron chi connectivity index (χ2n) is 11.4. The van der Waals surface area contributed by atoms with Crippen molar-refractivity contribution in [1.82, 2.24) is 10.2 Å². The lowest BCUT2D eigenvalue weighted by atomic mass is 9.63. The molecule has 196 valence electrons. The zero-order valence-electron chi connectivity index (χ0n) is 24.1. The minimum absolute atomic E-state index is 0.0659.